The molecule has 0 aliphatic rings. The summed E-state index contributed by atoms with van der Waals surface area (Å²) in [7, 11) is 0. The predicted octanol–water partition coefficient (Wildman–Crippen LogP) is 5.93. The third-order valence-corrected chi connectivity index (χ3v) is 3.95. The summed E-state index contributed by atoms with van der Waals surface area (Å²) in [6, 6.07) is 22.1. The van der Waals surface area contributed by atoms with Crippen LogP contribution in [0.25, 0.3) is 21.9 Å². The molecule has 0 aromatic heterocycles. The van der Waals surface area contributed by atoms with Crippen LogP contribution in [0.4, 0.5) is 0 Å². The smallest absolute Gasteiger partial charge is 0.0103 e. The largest absolute Gasteiger partial charge is 0.103 e. The molecule has 3 aromatic rings. The molecule has 21 heavy (non-hydrogen) atoms. The summed E-state index contributed by atoms with van der Waals surface area (Å²) < 4.78 is 0. The van der Waals surface area contributed by atoms with E-state index in [0.717, 1.165) is 12.8 Å². The van der Waals surface area contributed by atoms with Gasteiger partial charge in [-0.25, -0.2) is 0 Å². The number of rotatable bonds is 4. The molecule has 0 aliphatic carbocycles. The Bertz CT molecular complexity index is 764. The van der Waals surface area contributed by atoms with Gasteiger partial charge in [0.1, 0.15) is 0 Å². The van der Waals surface area contributed by atoms with Gasteiger partial charge in [-0.05, 0) is 47.2 Å². The van der Waals surface area contributed by atoms with Crippen LogP contribution in [0.1, 0.15) is 17.5 Å². The number of allylic oxidation sites excluding steroid dienone is 1. The summed E-state index contributed by atoms with van der Waals surface area (Å²) >= 11 is 0. The summed E-state index contributed by atoms with van der Waals surface area (Å²) in [5, 5.41) is 2.64. The lowest BCUT2D eigenvalue weighted by molar-refractivity contribution is 1.01. The molecule has 0 radical (unpaired) electrons. The molecule has 3 rings (SSSR count). The van der Waals surface area contributed by atoms with Gasteiger partial charge in [0.25, 0.3) is 0 Å². The maximum atomic E-state index is 3.81. The van der Waals surface area contributed by atoms with E-state index < -0.39 is 0 Å². The quantitative estimate of drug-likeness (QED) is 0.516. The fourth-order valence-corrected chi connectivity index (χ4v) is 2.73. The summed E-state index contributed by atoms with van der Waals surface area (Å²) in [6.07, 6.45) is 4.07. The molecule has 0 bridgehead atoms. The van der Waals surface area contributed by atoms with Gasteiger partial charge in [0.2, 0.25) is 0 Å². The average molecular weight is 272 g/mol. The Morgan fingerprint density at radius 3 is 2.52 bits per heavy atom. The highest BCUT2D eigenvalue weighted by atomic mass is 14.1. The number of aryl methyl sites for hydroxylation is 2. The zero-order valence-corrected chi connectivity index (χ0v) is 12.5. The molecular weight excluding hydrogens is 252 g/mol. The minimum atomic E-state index is 1.03. The SMILES string of the molecule is C=CCCc1ccc2cccc(-c3ccc(C)cc3)c2c1. The van der Waals surface area contributed by atoms with Gasteiger partial charge in [0.05, 0.1) is 0 Å². The molecule has 0 unspecified atom stereocenters. The normalized spacial score (nSPS) is 10.7. The van der Waals surface area contributed by atoms with Crippen molar-refractivity contribution in [2.75, 3.05) is 0 Å². The molecule has 0 heterocycles. The van der Waals surface area contributed by atoms with Crippen LogP contribution in [0.3, 0.4) is 0 Å². The van der Waals surface area contributed by atoms with E-state index in [2.05, 4.69) is 74.2 Å². The molecular formula is C21H20. The summed E-state index contributed by atoms with van der Waals surface area (Å²) in [5.41, 5.74) is 5.27. The standard InChI is InChI=1S/C21H20/c1-3-4-6-17-11-14-18-7-5-8-20(21(18)15-17)19-12-9-16(2)10-13-19/h3,5,7-15H,1,4,6H2,2H3. The lowest BCUT2D eigenvalue weighted by Gasteiger charge is -2.09. The van der Waals surface area contributed by atoms with Gasteiger partial charge in [0, 0.05) is 0 Å². The van der Waals surface area contributed by atoms with Crippen molar-refractivity contribution in [2.24, 2.45) is 0 Å². The summed E-state index contributed by atoms with van der Waals surface area (Å²) in [6.45, 7) is 5.94. The Morgan fingerprint density at radius 2 is 1.76 bits per heavy atom. The van der Waals surface area contributed by atoms with Crippen LogP contribution in [-0.4, -0.2) is 0 Å². The first-order chi connectivity index (χ1) is 10.3. The van der Waals surface area contributed by atoms with E-state index in [-0.39, 0.29) is 0 Å². The number of fused-ring (bicyclic) bond motifs is 1. The molecule has 0 nitrogen and oxygen atoms in total. The van der Waals surface area contributed by atoms with Crippen LogP contribution in [0.5, 0.6) is 0 Å². The van der Waals surface area contributed by atoms with Gasteiger partial charge in [-0.3, -0.25) is 0 Å². The monoisotopic (exact) mass is 272 g/mol. The van der Waals surface area contributed by atoms with Gasteiger partial charge in [0.15, 0.2) is 0 Å². The highest BCUT2D eigenvalue weighted by Gasteiger charge is 2.04. The van der Waals surface area contributed by atoms with Crippen molar-refractivity contribution in [3.8, 4) is 11.1 Å². The van der Waals surface area contributed by atoms with Crippen LogP contribution >= 0.6 is 0 Å². The van der Waals surface area contributed by atoms with Gasteiger partial charge in [-0.1, -0.05) is 72.3 Å². The lowest BCUT2D eigenvalue weighted by atomic mass is 9.95. The molecule has 0 heteroatoms. The van der Waals surface area contributed by atoms with E-state index in [1.54, 1.807) is 0 Å². The topological polar surface area (TPSA) is 0 Å². The second-order valence-corrected chi connectivity index (χ2v) is 5.55. The molecule has 104 valence electrons. The first-order valence-electron chi connectivity index (χ1n) is 7.47. The number of benzene rings is 3. The molecule has 0 aliphatic heterocycles. The Labute approximate surface area is 126 Å². The summed E-state index contributed by atoms with van der Waals surface area (Å²) in [4.78, 5) is 0. The molecule has 0 N–H and O–H groups in total. The van der Waals surface area contributed by atoms with Crippen molar-refractivity contribution < 1.29 is 0 Å². The molecule has 0 atom stereocenters. The fourth-order valence-electron chi connectivity index (χ4n) is 2.73. The molecule has 0 saturated carbocycles. The van der Waals surface area contributed by atoms with E-state index in [1.807, 2.05) is 6.08 Å². The molecule has 3 aromatic carbocycles. The first kappa shape index (κ1) is 13.6. The Hall–Kier alpha value is -2.34. The molecule has 0 saturated heterocycles. The van der Waals surface area contributed by atoms with Gasteiger partial charge in [-0.2, -0.15) is 0 Å². The van der Waals surface area contributed by atoms with Crippen molar-refractivity contribution in [1.82, 2.24) is 0 Å². The zero-order valence-electron chi connectivity index (χ0n) is 12.5. The second-order valence-electron chi connectivity index (χ2n) is 5.55. The van der Waals surface area contributed by atoms with E-state index in [1.165, 1.54) is 33.0 Å². The van der Waals surface area contributed by atoms with Crippen LogP contribution in [0, 0.1) is 6.92 Å². The average Bonchev–Trinajstić information content (AvgIpc) is 2.53. The summed E-state index contributed by atoms with van der Waals surface area (Å²) in [5.74, 6) is 0. The highest BCUT2D eigenvalue weighted by Crippen LogP contribution is 2.29. The third kappa shape index (κ3) is 2.90. The lowest BCUT2D eigenvalue weighted by Crippen LogP contribution is -1.86. The van der Waals surface area contributed by atoms with Crippen molar-refractivity contribution >= 4 is 10.8 Å². The van der Waals surface area contributed by atoms with E-state index in [4.69, 9.17) is 0 Å². The molecule has 0 amide bonds. The third-order valence-electron chi connectivity index (χ3n) is 3.95. The van der Waals surface area contributed by atoms with E-state index >= 15 is 0 Å². The Kier molecular flexibility index (Phi) is 3.87. The van der Waals surface area contributed by atoms with E-state index in [0.29, 0.717) is 0 Å². The minimum Gasteiger partial charge on any atom is -0.103 e. The highest BCUT2D eigenvalue weighted by molar-refractivity contribution is 5.97. The maximum absolute atomic E-state index is 3.81. The molecule has 0 spiro atoms. The van der Waals surface area contributed by atoms with Crippen LogP contribution in [-0.2, 0) is 6.42 Å². The zero-order chi connectivity index (χ0) is 14.7. The number of hydrogen-bond acceptors (Lipinski definition) is 0. The van der Waals surface area contributed by atoms with Crippen LogP contribution in [0.15, 0.2) is 73.3 Å². The van der Waals surface area contributed by atoms with Gasteiger partial charge >= 0.3 is 0 Å². The van der Waals surface area contributed by atoms with Gasteiger partial charge in [-0.15, -0.1) is 6.58 Å². The maximum Gasteiger partial charge on any atom is -0.0103 e. The van der Waals surface area contributed by atoms with Crippen molar-refractivity contribution in [3.63, 3.8) is 0 Å². The minimum absolute atomic E-state index is 1.03. The van der Waals surface area contributed by atoms with Crippen molar-refractivity contribution in [3.05, 3.63) is 84.4 Å². The van der Waals surface area contributed by atoms with Crippen LogP contribution in [0.2, 0.25) is 0 Å². The van der Waals surface area contributed by atoms with Crippen LogP contribution < -0.4 is 0 Å². The van der Waals surface area contributed by atoms with E-state index in [9.17, 15) is 0 Å². The Morgan fingerprint density at radius 1 is 0.952 bits per heavy atom. The Balaban J connectivity index is 2.12. The first-order valence-corrected chi connectivity index (χ1v) is 7.47. The molecule has 0 fully saturated rings. The van der Waals surface area contributed by atoms with Gasteiger partial charge < -0.3 is 0 Å². The van der Waals surface area contributed by atoms with Crippen molar-refractivity contribution in [2.45, 2.75) is 19.8 Å². The predicted molar refractivity (Wildman–Crippen MR) is 92.6 cm³/mol. The second kappa shape index (κ2) is 5.97. The number of hydrogen-bond donors (Lipinski definition) is 0. The van der Waals surface area contributed by atoms with Crippen molar-refractivity contribution in [1.29, 1.82) is 0 Å². The fraction of sp³-hybridized carbons (Fsp3) is 0.143.